The zero-order valence-corrected chi connectivity index (χ0v) is 8.48. The second kappa shape index (κ2) is 3.39. The molecule has 2 nitrogen and oxygen atoms in total. The maximum atomic E-state index is 3.90. The van der Waals surface area contributed by atoms with Crippen molar-refractivity contribution in [2.75, 3.05) is 5.33 Å². The van der Waals surface area contributed by atoms with E-state index in [0.717, 1.165) is 11.8 Å². The van der Waals surface area contributed by atoms with Gasteiger partial charge in [0.25, 0.3) is 0 Å². The fraction of sp³-hybridized carbons (Fsp3) is 0.625. The summed E-state index contributed by atoms with van der Waals surface area (Å²) in [4.78, 5) is 0. The van der Waals surface area contributed by atoms with Crippen LogP contribution in [0.3, 0.4) is 0 Å². The normalized spacial score (nSPS) is 11.9. The molecule has 1 N–H and O–H groups in total. The molecular formula is C8H13BrN2. The summed E-state index contributed by atoms with van der Waals surface area (Å²) in [5.41, 5.74) is 1.60. The molecule has 1 heterocycles. The Morgan fingerprint density at radius 3 is 2.82 bits per heavy atom. The molecule has 62 valence electrons. The Morgan fingerprint density at radius 2 is 2.36 bits per heavy atom. The van der Waals surface area contributed by atoms with Crippen LogP contribution < -0.4 is 0 Å². The van der Waals surface area contributed by atoms with E-state index in [2.05, 4.69) is 40.0 Å². The third-order valence-electron chi connectivity index (χ3n) is 1.60. The first-order valence-electron chi connectivity index (χ1n) is 3.68. The molecule has 1 rings (SSSR count). The first-order valence-corrected chi connectivity index (χ1v) is 4.80. The number of halogens is 1. The van der Waals surface area contributed by atoms with Crippen molar-refractivity contribution in [3.63, 3.8) is 0 Å². The highest BCUT2D eigenvalue weighted by atomic mass is 79.9. The minimum atomic E-state index is 0.323. The van der Waals surface area contributed by atoms with Crippen molar-refractivity contribution in [3.8, 4) is 0 Å². The summed E-state index contributed by atoms with van der Waals surface area (Å²) in [6, 6.07) is 0. The van der Waals surface area contributed by atoms with Gasteiger partial charge in [-0.3, -0.25) is 5.10 Å². The summed E-state index contributed by atoms with van der Waals surface area (Å²) in [5.74, 6) is 0. The Kier molecular flexibility index (Phi) is 2.71. The summed E-state index contributed by atoms with van der Waals surface area (Å²) in [5, 5.41) is 7.73. The maximum Gasteiger partial charge on any atom is 0.0519 e. The van der Waals surface area contributed by atoms with Crippen LogP contribution in [0.4, 0.5) is 0 Å². The van der Waals surface area contributed by atoms with Crippen LogP contribution in [0, 0.1) is 5.41 Å². The van der Waals surface area contributed by atoms with Gasteiger partial charge in [-0.05, 0) is 17.4 Å². The molecule has 0 aromatic carbocycles. The van der Waals surface area contributed by atoms with Gasteiger partial charge in [-0.1, -0.05) is 29.8 Å². The molecule has 0 radical (unpaired) electrons. The van der Waals surface area contributed by atoms with Gasteiger partial charge in [0, 0.05) is 11.5 Å². The van der Waals surface area contributed by atoms with E-state index in [4.69, 9.17) is 0 Å². The zero-order valence-electron chi connectivity index (χ0n) is 6.89. The van der Waals surface area contributed by atoms with Gasteiger partial charge in [-0.25, -0.2) is 0 Å². The minimum Gasteiger partial charge on any atom is -0.285 e. The Labute approximate surface area is 75.5 Å². The van der Waals surface area contributed by atoms with E-state index in [1.807, 2.05) is 12.4 Å². The zero-order chi connectivity index (χ0) is 8.32. The summed E-state index contributed by atoms with van der Waals surface area (Å²) in [7, 11) is 0. The van der Waals surface area contributed by atoms with Gasteiger partial charge in [-0.2, -0.15) is 5.10 Å². The molecule has 1 aromatic heterocycles. The van der Waals surface area contributed by atoms with Crippen molar-refractivity contribution in [1.29, 1.82) is 0 Å². The number of H-pyrrole nitrogens is 1. The summed E-state index contributed by atoms with van der Waals surface area (Å²) >= 11 is 3.49. The van der Waals surface area contributed by atoms with Crippen LogP contribution in [0.15, 0.2) is 12.4 Å². The van der Waals surface area contributed by atoms with Crippen molar-refractivity contribution in [3.05, 3.63) is 18.0 Å². The van der Waals surface area contributed by atoms with Gasteiger partial charge < -0.3 is 0 Å². The predicted molar refractivity (Wildman–Crippen MR) is 49.9 cm³/mol. The third kappa shape index (κ3) is 2.66. The molecule has 0 amide bonds. The lowest BCUT2D eigenvalue weighted by Gasteiger charge is -2.19. The number of hydrogen-bond donors (Lipinski definition) is 1. The number of alkyl halides is 1. The van der Waals surface area contributed by atoms with Gasteiger partial charge in [-0.15, -0.1) is 0 Å². The average molecular weight is 217 g/mol. The third-order valence-corrected chi connectivity index (χ3v) is 3.12. The number of nitrogens with one attached hydrogen (secondary N) is 1. The van der Waals surface area contributed by atoms with Gasteiger partial charge >= 0.3 is 0 Å². The topological polar surface area (TPSA) is 28.7 Å². The molecule has 0 saturated heterocycles. The Balaban J connectivity index is 2.56. The highest BCUT2D eigenvalue weighted by molar-refractivity contribution is 9.09. The predicted octanol–water partition coefficient (Wildman–Crippen LogP) is 2.37. The summed E-state index contributed by atoms with van der Waals surface area (Å²) in [6.45, 7) is 4.46. The summed E-state index contributed by atoms with van der Waals surface area (Å²) < 4.78 is 0. The Bertz CT molecular complexity index is 204. The van der Waals surface area contributed by atoms with E-state index in [1.165, 1.54) is 5.56 Å². The van der Waals surface area contributed by atoms with Crippen LogP contribution in [0.25, 0.3) is 0 Å². The number of rotatable bonds is 3. The number of hydrogen-bond acceptors (Lipinski definition) is 1. The first kappa shape index (κ1) is 8.78. The van der Waals surface area contributed by atoms with Crippen molar-refractivity contribution >= 4 is 15.9 Å². The Hall–Kier alpha value is -0.310. The van der Waals surface area contributed by atoms with Gasteiger partial charge in [0.15, 0.2) is 0 Å². The SMILES string of the molecule is CC(C)(CBr)Cc1cn[nH]c1. The molecule has 3 heteroatoms. The quantitative estimate of drug-likeness (QED) is 0.773. The maximum absolute atomic E-state index is 3.90. The molecule has 0 aliphatic rings. The molecule has 0 unspecified atom stereocenters. The monoisotopic (exact) mass is 216 g/mol. The van der Waals surface area contributed by atoms with Gasteiger partial charge in [0.05, 0.1) is 6.20 Å². The molecular weight excluding hydrogens is 204 g/mol. The van der Waals surface area contributed by atoms with Gasteiger partial charge in [0.1, 0.15) is 0 Å². The summed E-state index contributed by atoms with van der Waals surface area (Å²) in [6.07, 6.45) is 4.89. The smallest absolute Gasteiger partial charge is 0.0519 e. The lowest BCUT2D eigenvalue weighted by atomic mass is 9.89. The van der Waals surface area contributed by atoms with Crippen LogP contribution in [-0.2, 0) is 6.42 Å². The average Bonchev–Trinajstić information content (AvgIpc) is 2.39. The molecule has 11 heavy (non-hydrogen) atoms. The van der Waals surface area contributed by atoms with Crippen molar-refractivity contribution in [2.45, 2.75) is 20.3 Å². The van der Waals surface area contributed by atoms with Crippen LogP contribution in [0.1, 0.15) is 19.4 Å². The standard InChI is InChI=1S/C8H13BrN2/c1-8(2,6-9)3-7-4-10-11-5-7/h4-5H,3,6H2,1-2H3,(H,10,11). The molecule has 0 bridgehead atoms. The van der Waals surface area contributed by atoms with E-state index in [0.29, 0.717) is 5.41 Å². The molecule has 0 saturated carbocycles. The second-order valence-electron chi connectivity index (χ2n) is 3.58. The fourth-order valence-corrected chi connectivity index (χ4v) is 1.17. The molecule has 0 aliphatic carbocycles. The van der Waals surface area contributed by atoms with E-state index in [-0.39, 0.29) is 0 Å². The van der Waals surface area contributed by atoms with E-state index in [9.17, 15) is 0 Å². The Morgan fingerprint density at radius 1 is 1.64 bits per heavy atom. The van der Waals surface area contributed by atoms with Crippen LogP contribution in [0.2, 0.25) is 0 Å². The fourth-order valence-electron chi connectivity index (χ4n) is 0.974. The lowest BCUT2D eigenvalue weighted by Crippen LogP contribution is -2.15. The molecule has 0 atom stereocenters. The number of aromatic amines is 1. The highest BCUT2D eigenvalue weighted by Crippen LogP contribution is 2.23. The van der Waals surface area contributed by atoms with Gasteiger partial charge in [0.2, 0.25) is 0 Å². The van der Waals surface area contributed by atoms with E-state index < -0.39 is 0 Å². The van der Waals surface area contributed by atoms with Crippen molar-refractivity contribution < 1.29 is 0 Å². The molecule has 0 aliphatic heterocycles. The van der Waals surface area contributed by atoms with Crippen LogP contribution in [-0.4, -0.2) is 15.5 Å². The number of nitrogens with zero attached hydrogens (tertiary/aromatic N) is 1. The number of aromatic nitrogens is 2. The van der Waals surface area contributed by atoms with Crippen molar-refractivity contribution in [2.24, 2.45) is 5.41 Å². The lowest BCUT2D eigenvalue weighted by molar-refractivity contribution is 0.425. The second-order valence-corrected chi connectivity index (χ2v) is 4.14. The minimum absolute atomic E-state index is 0.323. The first-order chi connectivity index (χ1) is 5.14. The molecule has 1 aromatic rings. The molecule has 0 spiro atoms. The van der Waals surface area contributed by atoms with Crippen molar-refractivity contribution in [1.82, 2.24) is 10.2 Å². The van der Waals surface area contributed by atoms with Crippen LogP contribution in [0.5, 0.6) is 0 Å². The molecule has 0 fully saturated rings. The van der Waals surface area contributed by atoms with Crippen LogP contribution >= 0.6 is 15.9 Å². The van der Waals surface area contributed by atoms with E-state index in [1.54, 1.807) is 0 Å². The largest absolute Gasteiger partial charge is 0.285 e. The van der Waals surface area contributed by atoms with E-state index >= 15 is 0 Å². The highest BCUT2D eigenvalue weighted by Gasteiger charge is 2.16.